The minimum absolute atomic E-state index is 0.124. The van der Waals surface area contributed by atoms with Crippen LogP contribution in [0.5, 0.6) is 5.75 Å². The third-order valence-electron chi connectivity index (χ3n) is 5.43. The lowest BCUT2D eigenvalue weighted by Crippen LogP contribution is -2.61. The summed E-state index contributed by atoms with van der Waals surface area (Å²) in [6.07, 6.45) is -8.71. The molecule has 168 valence electrons. The fourth-order valence-corrected chi connectivity index (χ4v) is 3.78. The first-order valence-electron chi connectivity index (χ1n) is 9.63. The largest absolute Gasteiger partial charge is 0.479 e. The van der Waals surface area contributed by atoms with Crippen LogP contribution in [-0.4, -0.2) is 69.0 Å². The van der Waals surface area contributed by atoms with Crippen LogP contribution >= 0.6 is 0 Å². The maximum atomic E-state index is 12.7. The lowest BCUT2D eigenvalue weighted by atomic mass is 9.83. The van der Waals surface area contributed by atoms with E-state index >= 15 is 0 Å². The number of rotatable bonds is 5. The molecule has 0 aliphatic carbocycles. The number of benzene rings is 2. The van der Waals surface area contributed by atoms with Gasteiger partial charge in [-0.3, -0.25) is 10.1 Å². The third-order valence-corrected chi connectivity index (χ3v) is 5.43. The number of aliphatic hydroxyl groups is 3. The van der Waals surface area contributed by atoms with Crippen molar-refractivity contribution in [2.45, 2.75) is 36.2 Å². The first-order chi connectivity index (χ1) is 15.2. The van der Waals surface area contributed by atoms with E-state index in [1.165, 1.54) is 24.3 Å². The third kappa shape index (κ3) is 3.56. The van der Waals surface area contributed by atoms with Crippen LogP contribution in [0.25, 0.3) is 0 Å². The van der Waals surface area contributed by atoms with Crippen LogP contribution in [0.1, 0.15) is 11.1 Å². The van der Waals surface area contributed by atoms with Gasteiger partial charge in [0.25, 0.3) is 5.91 Å². The van der Waals surface area contributed by atoms with Crippen LogP contribution in [-0.2, 0) is 19.9 Å². The Labute approximate surface area is 181 Å². The summed E-state index contributed by atoms with van der Waals surface area (Å²) in [6.45, 7) is 0. The molecule has 0 spiro atoms. The van der Waals surface area contributed by atoms with Crippen molar-refractivity contribution in [3.63, 3.8) is 0 Å². The molecule has 0 aromatic heterocycles. The summed E-state index contributed by atoms with van der Waals surface area (Å²) in [7, 11) is 0. The number of carboxylic acid groups (broad SMARTS) is 1. The van der Waals surface area contributed by atoms with Gasteiger partial charge in [-0.2, -0.15) is 0 Å². The predicted molar refractivity (Wildman–Crippen MR) is 105 cm³/mol. The average molecular weight is 444 g/mol. The van der Waals surface area contributed by atoms with Gasteiger partial charge in [-0.25, -0.2) is 9.59 Å². The number of carbonyl (C=O) groups is 3. The molecule has 3 amide bonds. The Kier molecular flexibility index (Phi) is 5.57. The van der Waals surface area contributed by atoms with Gasteiger partial charge in [0.05, 0.1) is 0 Å². The molecule has 4 rings (SSSR count). The molecule has 6 N–H and O–H groups in total. The Morgan fingerprint density at radius 3 is 2.09 bits per heavy atom. The quantitative estimate of drug-likeness (QED) is 0.317. The molecular formula is C21H20N2O9. The summed E-state index contributed by atoms with van der Waals surface area (Å²) in [5.41, 5.74) is -0.514. The van der Waals surface area contributed by atoms with Crippen molar-refractivity contribution in [2.24, 2.45) is 0 Å². The van der Waals surface area contributed by atoms with Crippen LogP contribution < -0.4 is 15.4 Å². The first kappa shape index (κ1) is 21.7. The number of aliphatic hydroxyl groups excluding tert-OH is 3. The fraction of sp³-hybridized carbons (Fsp3) is 0.286. The molecule has 0 bridgehead atoms. The topological polar surface area (TPSA) is 175 Å². The molecular weight excluding hydrogens is 424 g/mol. The van der Waals surface area contributed by atoms with Gasteiger partial charge in [0.1, 0.15) is 24.1 Å². The molecule has 2 aliphatic rings. The number of hydrogen-bond donors (Lipinski definition) is 6. The van der Waals surface area contributed by atoms with Gasteiger partial charge in [-0.05, 0) is 23.3 Å². The lowest BCUT2D eigenvalue weighted by Gasteiger charge is -2.38. The molecule has 32 heavy (non-hydrogen) atoms. The zero-order chi connectivity index (χ0) is 23.0. The predicted octanol–water partition coefficient (Wildman–Crippen LogP) is -0.959. The van der Waals surface area contributed by atoms with Gasteiger partial charge < -0.3 is 35.2 Å². The lowest BCUT2D eigenvalue weighted by molar-refractivity contribution is -0.271. The molecule has 2 aromatic rings. The van der Waals surface area contributed by atoms with E-state index in [0.29, 0.717) is 11.1 Å². The molecule has 2 aliphatic heterocycles. The van der Waals surface area contributed by atoms with Crippen molar-refractivity contribution in [2.75, 3.05) is 0 Å². The van der Waals surface area contributed by atoms with Gasteiger partial charge in [0.2, 0.25) is 6.29 Å². The monoisotopic (exact) mass is 444 g/mol. The highest BCUT2D eigenvalue weighted by molar-refractivity contribution is 6.09. The molecule has 2 saturated heterocycles. The number of hydrogen-bond acceptors (Lipinski definition) is 8. The number of urea groups is 1. The standard InChI is InChI=1S/C21H20N2O9/c24-13-14(25)16(17(27)28)32-18(15(13)26)31-12-8-6-11(7-9-12)21(10-4-2-1-3-5-10)19(29)22-20(30)23-21/h1-9,13-16,18,24-26H,(H,27,28)(H2,22,23,29,30)/t13-,14-,15+,16-,18+,21?/m0/s1. The highest BCUT2D eigenvalue weighted by atomic mass is 16.7. The Morgan fingerprint density at radius 1 is 0.906 bits per heavy atom. The summed E-state index contributed by atoms with van der Waals surface area (Å²) in [5, 5.41) is 43.8. The van der Waals surface area contributed by atoms with E-state index in [2.05, 4.69) is 10.6 Å². The van der Waals surface area contributed by atoms with E-state index in [4.69, 9.17) is 14.6 Å². The average Bonchev–Trinajstić information content (AvgIpc) is 3.09. The number of nitrogens with one attached hydrogen (secondary N) is 2. The van der Waals surface area contributed by atoms with Gasteiger partial charge in [0.15, 0.2) is 11.6 Å². The van der Waals surface area contributed by atoms with Crippen molar-refractivity contribution >= 4 is 17.9 Å². The molecule has 11 heteroatoms. The Balaban J connectivity index is 1.61. The minimum Gasteiger partial charge on any atom is -0.479 e. The van der Waals surface area contributed by atoms with E-state index in [1.54, 1.807) is 30.3 Å². The molecule has 11 nitrogen and oxygen atoms in total. The maximum Gasteiger partial charge on any atom is 0.335 e. The van der Waals surface area contributed by atoms with Gasteiger partial charge in [0, 0.05) is 0 Å². The summed E-state index contributed by atoms with van der Waals surface area (Å²) >= 11 is 0. The van der Waals surface area contributed by atoms with Crippen molar-refractivity contribution in [1.82, 2.24) is 10.6 Å². The molecule has 1 unspecified atom stereocenters. The van der Waals surface area contributed by atoms with E-state index < -0.39 is 54.2 Å². The second kappa shape index (κ2) is 8.20. The number of ether oxygens (including phenoxy) is 2. The fourth-order valence-electron chi connectivity index (χ4n) is 3.78. The van der Waals surface area contributed by atoms with E-state index in [9.17, 15) is 29.7 Å². The van der Waals surface area contributed by atoms with E-state index in [1.807, 2.05) is 0 Å². The van der Waals surface area contributed by atoms with Crippen LogP contribution in [0.2, 0.25) is 0 Å². The highest BCUT2D eigenvalue weighted by Crippen LogP contribution is 2.34. The van der Waals surface area contributed by atoms with Crippen molar-refractivity contribution in [1.29, 1.82) is 0 Å². The molecule has 2 aromatic carbocycles. The second-order valence-corrected chi connectivity index (χ2v) is 7.40. The summed E-state index contributed by atoms with van der Waals surface area (Å²) in [6, 6.07) is 13.9. The summed E-state index contributed by atoms with van der Waals surface area (Å²) < 4.78 is 10.6. The summed E-state index contributed by atoms with van der Waals surface area (Å²) in [5.74, 6) is -1.96. The van der Waals surface area contributed by atoms with E-state index in [-0.39, 0.29) is 5.75 Å². The Morgan fingerprint density at radius 2 is 1.53 bits per heavy atom. The Hall–Kier alpha value is -3.51. The summed E-state index contributed by atoms with van der Waals surface area (Å²) in [4.78, 5) is 35.9. The van der Waals surface area contributed by atoms with Crippen LogP contribution in [0.15, 0.2) is 54.6 Å². The smallest absolute Gasteiger partial charge is 0.335 e. The zero-order valence-corrected chi connectivity index (χ0v) is 16.4. The molecule has 2 heterocycles. The van der Waals surface area contributed by atoms with Crippen LogP contribution in [0.4, 0.5) is 4.79 Å². The van der Waals surface area contributed by atoms with E-state index in [0.717, 1.165) is 0 Å². The zero-order valence-electron chi connectivity index (χ0n) is 16.4. The normalized spacial score (nSPS) is 32.2. The number of imide groups is 1. The molecule has 6 atom stereocenters. The molecule has 0 radical (unpaired) electrons. The van der Waals surface area contributed by atoms with Crippen molar-refractivity contribution in [3.05, 3.63) is 65.7 Å². The Bertz CT molecular complexity index is 1030. The maximum absolute atomic E-state index is 12.7. The van der Waals surface area contributed by atoms with Crippen molar-refractivity contribution < 1.29 is 44.3 Å². The molecule has 2 fully saturated rings. The number of carboxylic acids is 1. The second-order valence-electron chi connectivity index (χ2n) is 7.40. The highest BCUT2D eigenvalue weighted by Gasteiger charge is 2.50. The first-order valence-corrected chi connectivity index (χ1v) is 9.63. The SMILES string of the molecule is O=C1NC(=O)C(c2ccccc2)(c2ccc(O[C@@H]3O[C@H](C(=O)O)[C@@H](O)[C@H](O)[C@H]3O)cc2)N1. The number of amides is 3. The van der Waals surface area contributed by atoms with Crippen LogP contribution in [0.3, 0.4) is 0 Å². The number of aliphatic carboxylic acids is 1. The van der Waals surface area contributed by atoms with Gasteiger partial charge in [-0.1, -0.05) is 42.5 Å². The molecule has 0 saturated carbocycles. The van der Waals surface area contributed by atoms with Crippen molar-refractivity contribution in [3.8, 4) is 5.75 Å². The van der Waals surface area contributed by atoms with Gasteiger partial charge >= 0.3 is 12.0 Å². The number of carbonyl (C=O) groups excluding carboxylic acids is 2. The van der Waals surface area contributed by atoms with Gasteiger partial charge in [-0.15, -0.1) is 0 Å². The van der Waals surface area contributed by atoms with Crippen LogP contribution in [0, 0.1) is 0 Å². The minimum atomic E-state index is -1.83.